The molecule has 0 aliphatic heterocycles. The quantitative estimate of drug-likeness (QED) is 0.528. The molecule has 102 valence electrons. The van der Waals surface area contributed by atoms with Crippen LogP contribution in [-0.4, -0.2) is 0 Å². The molecular formula is C17H34. The molecule has 0 bridgehead atoms. The zero-order valence-corrected chi connectivity index (χ0v) is 12.9. The summed E-state index contributed by atoms with van der Waals surface area (Å²) in [5, 5.41) is 0. The van der Waals surface area contributed by atoms with Crippen LogP contribution in [0.5, 0.6) is 0 Å². The van der Waals surface area contributed by atoms with Crippen LogP contribution in [0, 0.1) is 23.2 Å². The highest BCUT2D eigenvalue weighted by Gasteiger charge is 2.36. The molecule has 0 N–H and O–H groups in total. The van der Waals surface area contributed by atoms with Crippen molar-refractivity contribution in [3.63, 3.8) is 0 Å². The molecule has 17 heavy (non-hydrogen) atoms. The van der Waals surface area contributed by atoms with E-state index in [2.05, 4.69) is 34.6 Å². The first-order valence-corrected chi connectivity index (χ1v) is 7.97. The lowest BCUT2D eigenvalue weighted by Crippen LogP contribution is -2.33. The fourth-order valence-electron chi connectivity index (χ4n) is 3.87. The van der Waals surface area contributed by atoms with Gasteiger partial charge in [-0.05, 0) is 36.0 Å². The molecule has 0 spiro atoms. The Morgan fingerprint density at radius 3 is 2.53 bits per heavy atom. The predicted octanol–water partition coefficient (Wildman–Crippen LogP) is 6.06. The molecule has 1 fully saturated rings. The predicted molar refractivity (Wildman–Crippen MR) is 78.2 cm³/mol. The van der Waals surface area contributed by atoms with Crippen molar-refractivity contribution in [3.8, 4) is 0 Å². The molecule has 0 aromatic carbocycles. The Hall–Kier alpha value is 0. The van der Waals surface area contributed by atoms with Crippen LogP contribution in [0.25, 0.3) is 0 Å². The van der Waals surface area contributed by atoms with Gasteiger partial charge in [-0.1, -0.05) is 73.1 Å². The maximum atomic E-state index is 2.50. The zero-order valence-electron chi connectivity index (χ0n) is 12.9. The van der Waals surface area contributed by atoms with E-state index in [0.29, 0.717) is 5.41 Å². The summed E-state index contributed by atoms with van der Waals surface area (Å²) in [5.41, 5.74) is 0.599. The van der Waals surface area contributed by atoms with Gasteiger partial charge in [-0.3, -0.25) is 0 Å². The topological polar surface area (TPSA) is 0 Å². The second kappa shape index (κ2) is 6.81. The van der Waals surface area contributed by atoms with Crippen LogP contribution in [0.4, 0.5) is 0 Å². The van der Waals surface area contributed by atoms with Crippen molar-refractivity contribution in [1.82, 2.24) is 0 Å². The van der Waals surface area contributed by atoms with Gasteiger partial charge in [0.05, 0.1) is 0 Å². The summed E-state index contributed by atoms with van der Waals surface area (Å²) in [7, 11) is 0. The van der Waals surface area contributed by atoms with Gasteiger partial charge in [0.25, 0.3) is 0 Å². The monoisotopic (exact) mass is 238 g/mol. The Morgan fingerprint density at radius 1 is 1.24 bits per heavy atom. The van der Waals surface area contributed by atoms with E-state index in [1.54, 1.807) is 0 Å². The summed E-state index contributed by atoms with van der Waals surface area (Å²) in [5.74, 6) is 2.87. The Balaban J connectivity index is 2.37. The van der Waals surface area contributed by atoms with Crippen LogP contribution in [0.1, 0.15) is 86.0 Å². The van der Waals surface area contributed by atoms with Crippen LogP contribution in [0.2, 0.25) is 0 Å². The summed E-state index contributed by atoms with van der Waals surface area (Å²) < 4.78 is 0. The molecule has 0 heterocycles. The molecule has 3 unspecified atom stereocenters. The second-order valence-corrected chi connectivity index (χ2v) is 7.29. The lowest BCUT2D eigenvalue weighted by Gasteiger charge is -2.43. The minimum Gasteiger partial charge on any atom is -0.0654 e. The largest absolute Gasteiger partial charge is 0.0654 e. The van der Waals surface area contributed by atoms with Crippen LogP contribution in [-0.2, 0) is 0 Å². The van der Waals surface area contributed by atoms with E-state index >= 15 is 0 Å². The van der Waals surface area contributed by atoms with Crippen molar-refractivity contribution in [2.75, 3.05) is 0 Å². The van der Waals surface area contributed by atoms with E-state index in [0.717, 1.165) is 17.8 Å². The third-order valence-corrected chi connectivity index (χ3v) is 5.19. The smallest absolute Gasteiger partial charge is 0.0323 e. The Morgan fingerprint density at radius 2 is 1.94 bits per heavy atom. The average Bonchev–Trinajstić information content (AvgIpc) is 2.24. The molecule has 0 radical (unpaired) electrons. The van der Waals surface area contributed by atoms with Gasteiger partial charge in [-0.25, -0.2) is 0 Å². The molecule has 1 saturated carbocycles. The summed E-state index contributed by atoms with van der Waals surface area (Å²) in [6, 6.07) is 0. The van der Waals surface area contributed by atoms with E-state index in [1.165, 1.54) is 51.4 Å². The van der Waals surface area contributed by atoms with Crippen molar-refractivity contribution >= 4 is 0 Å². The molecule has 1 aliphatic rings. The summed E-state index contributed by atoms with van der Waals surface area (Å²) >= 11 is 0. The molecule has 0 aromatic rings. The van der Waals surface area contributed by atoms with Crippen LogP contribution in [0.15, 0.2) is 0 Å². The number of hydrogen-bond acceptors (Lipinski definition) is 0. The highest BCUT2D eigenvalue weighted by molar-refractivity contribution is 4.86. The molecule has 3 atom stereocenters. The fourth-order valence-corrected chi connectivity index (χ4v) is 3.87. The Bertz CT molecular complexity index is 204. The minimum absolute atomic E-state index is 0.599. The molecular weight excluding hydrogens is 204 g/mol. The SMILES string of the molecule is CCCCC(C)CCC1C(C)CCCC1(C)C. The van der Waals surface area contributed by atoms with E-state index < -0.39 is 0 Å². The van der Waals surface area contributed by atoms with Gasteiger partial charge in [0.1, 0.15) is 0 Å². The molecule has 0 amide bonds. The highest BCUT2D eigenvalue weighted by Crippen LogP contribution is 2.46. The second-order valence-electron chi connectivity index (χ2n) is 7.29. The normalized spacial score (nSPS) is 30.2. The standard InChI is InChI=1S/C17H34/c1-6-7-9-14(2)11-12-16-15(3)10-8-13-17(16,4)5/h14-16H,6-13H2,1-5H3. The van der Waals surface area contributed by atoms with E-state index in [9.17, 15) is 0 Å². The highest BCUT2D eigenvalue weighted by atomic mass is 14.4. The van der Waals surface area contributed by atoms with Crippen LogP contribution < -0.4 is 0 Å². The van der Waals surface area contributed by atoms with Crippen molar-refractivity contribution in [1.29, 1.82) is 0 Å². The molecule has 0 nitrogen and oxygen atoms in total. The lowest BCUT2D eigenvalue weighted by molar-refractivity contribution is 0.0707. The van der Waals surface area contributed by atoms with E-state index in [-0.39, 0.29) is 0 Å². The van der Waals surface area contributed by atoms with Crippen LogP contribution >= 0.6 is 0 Å². The molecule has 0 saturated heterocycles. The molecule has 0 heteroatoms. The van der Waals surface area contributed by atoms with Crippen molar-refractivity contribution < 1.29 is 0 Å². The maximum Gasteiger partial charge on any atom is -0.0323 e. The van der Waals surface area contributed by atoms with Gasteiger partial charge in [-0.15, -0.1) is 0 Å². The van der Waals surface area contributed by atoms with Gasteiger partial charge < -0.3 is 0 Å². The van der Waals surface area contributed by atoms with Crippen molar-refractivity contribution in [2.45, 2.75) is 86.0 Å². The first-order chi connectivity index (χ1) is 7.97. The number of unbranched alkanes of at least 4 members (excludes halogenated alkanes) is 1. The van der Waals surface area contributed by atoms with E-state index in [4.69, 9.17) is 0 Å². The van der Waals surface area contributed by atoms with Crippen LogP contribution in [0.3, 0.4) is 0 Å². The van der Waals surface area contributed by atoms with Gasteiger partial charge in [0.15, 0.2) is 0 Å². The lowest BCUT2D eigenvalue weighted by atomic mass is 9.62. The molecule has 1 aliphatic carbocycles. The van der Waals surface area contributed by atoms with E-state index in [1.807, 2.05) is 0 Å². The summed E-state index contributed by atoms with van der Waals surface area (Å²) in [6.07, 6.45) is 11.5. The van der Waals surface area contributed by atoms with Gasteiger partial charge in [0.2, 0.25) is 0 Å². The maximum absolute atomic E-state index is 2.50. The van der Waals surface area contributed by atoms with Gasteiger partial charge in [-0.2, -0.15) is 0 Å². The Kier molecular flexibility index (Phi) is 6.03. The molecule has 1 rings (SSSR count). The van der Waals surface area contributed by atoms with Gasteiger partial charge in [0, 0.05) is 0 Å². The minimum atomic E-state index is 0.599. The number of rotatable bonds is 6. The first kappa shape index (κ1) is 15.1. The average molecular weight is 238 g/mol. The summed E-state index contributed by atoms with van der Waals surface area (Å²) in [4.78, 5) is 0. The number of hydrogen-bond donors (Lipinski definition) is 0. The van der Waals surface area contributed by atoms with Crippen molar-refractivity contribution in [2.24, 2.45) is 23.2 Å². The summed E-state index contributed by atoms with van der Waals surface area (Å²) in [6.45, 7) is 12.3. The third-order valence-electron chi connectivity index (χ3n) is 5.19. The third kappa shape index (κ3) is 4.64. The Labute approximate surface area is 110 Å². The first-order valence-electron chi connectivity index (χ1n) is 7.97. The zero-order chi connectivity index (χ0) is 12.9. The molecule has 0 aromatic heterocycles. The van der Waals surface area contributed by atoms with Gasteiger partial charge >= 0.3 is 0 Å². The van der Waals surface area contributed by atoms with Crippen molar-refractivity contribution in [3.05, 3.63) is 0 Å². The fraction of sp³-hybridized carbons (Fsp3) is 1.00.